The molecule has 2 N–H and O–H groups in total. The predicted octanol–water partition coefficient (Wildman–Crippen LogP) is 3.32. The molecule has 186 valence electrons. The summed E-state index contributed by atoms with van der Waals surface area (Å²) in [7, 11) is 0. The van der Waals surface area contributed by atoms with E-state index in [1.54, 1.807) is 12.3 Å². The quantitative estimate of drug-likeness (QED) is 0.409. The van der Waals surface area contributed by atoms with E-state index in [-0.39, 0.29) is 31.6 Å². The van der Waals surface area contributed by atoms with Gasteiger partial charge in [0.2, 0.25) is 5.95 Å². The molecular weight excluding hydrogens is 461 g/mol. The van der Waals surface area contributed by atoms with Crippen LogP contribution < -0.4 is 10.6 Å². The van der Waals surface area contributed by atoms with Crippen LogP contribution in [-0.2, 0) is 11.2 Å². The number of fused-ring (bicyclic) bond motifs is 2. The number of ether oxygens (including phenoxy) is 1. The highest BCUT2D eigenvalue weighted by Gasteiger charge is 2.26. The van der Waals surface area contributed by atoms with Gasteiger partial charge in [-0.05, 0) is 38.1 Å². The van der Waals surface area contributed by atoms with Gasteiger partial charge in [-0.2, -0.15) is 9.50 Å². The summed E-state index contributed by atoms with van der Waals surface area (Å²) < 4.78 is 23.6. The summed E-state index contributed by atoms with van der Waals surface area (Å²) in [4.78, 5) is 20.3. The second-order valence-electron chi connectivity index (χ2n) is 8.71. The second-order valence-corrected chi connectivity index (χ2v) is 8.71. The zero-order valence-corrected chi connectivity index (χ0v) is 19.4. The molecule has 11 heteroatoms. The molecule has 10 nitrogen and oxygen atoms in total. The van der Waals surface area contributed by atoms with Crippen molar-refractivity contribution in [2.45, 2.75) is 33.8 Å². The lowest BCUT2D eigenvalue weighted by atomic mass is 10.1. The third kappa shape index (κ3) is 4.01. The minimum Gasteiger partial charge on any atom is -0.375 e. The van der Waals surface area contributed by atoms with E-state index in [1.165, 1.54) is 10.6 Å². The van der Waals surface area contributed by atoms with Crippen LogP contribution in [0.5, 0.6) is 0 Å². The minimum atomic E-state index is -0.401. The van der Waals surface area contributed by atoms with Crippen LogP contribution in [0.2, 0.25) is 0 Å². The van der Waals surface area contributed by atoms with Crippen molar-refractivity contribution in [2.24, 2.45) is 0 Å². The molecule has 0 bridgehead atoms. The van der Waals surface area contributed by atoms with Crippen LogP contribution in [0.3, 0.4) is 0 Å². The standard InChI is InChI=1S/C24H24FN9O.CH4/c1-14-11-28-20-6-5-16(13-33(14)20)21-22(32-8-9-35-15(2)12-32)30-24(26)34-23(21)29-19(31-34)10-18-17(25)4-3-7-27-18;/h3-7,11,13,15H,8-10,12H2,1-2H3,(H2,26,30);1H4. The molecule has 0 saturated carbocycles. The average Bonchev–Trinajstić information content (AvgIpc) is 3.44. The maximum absolute atomic E-state index is 14.3. The third-order valence-corrected chi connectivity index (χ3v) is 6.22. The number of halogens is 1. The Balaban J connectivity index is 0.00000267. The number of nitrogens with two attached hydrogens (primary N) is 1. The van der Waals surface area contributed by atoms with Crippen LogP contribution >= 0.6 is 0 Å². The Labute approximate surface area is 207 Å². The Morgan fingerprint density at radius 1 is 1.19 bits per heavy atom. The molecule has 6 heterocycles. The number of rotatable bonds is 4. The fourth-order valence-corrected chi connectivity index (χ4v) is 4.51. The van der Waals surface area contributed by atoms with Crippen molar-refractivity contribution in [1.82, 2.24) is 34.0 Å². The first-order valence-corrected chi connectivity index (χ1v) is 11.4. The van der Waals surface area contributed by atoms with E-state index in [0.717, 1.165) is 22.5 Å². The summed E-state index contributed by atoms with van der Waals surface area (Å²) in [6.07, 6.45) is 5.59. The zero-order chi connectivity index (χ0) is 24.1. The van der Waals surface area contributed by atoms with Gasteiger partial charge in [0, 0.05) is 42.9 Å². The van der Waals surface area contributed by atoms with Gasteiger partial charge in [0.25, 0.3) is 0 Å². The molecule has 1 fully saturated rings. The number of imidazole rings is 1. The van der Waals surface area contributed by atoms with Gasteiger partial charge in [0.1, 0.15) is 17.3 Å². The maximum Gasteiger partial charge on any atom is 0.225 e. The van der Waals surface area contributed by atoms with Crippen molar-refractivity contribution < 1.29 is 9.13 Å². The fourth-order valence-electron chi connectivity index (χ4n) is 4.51. The summed E-state index contributed by atoms with van der Waals surface area (Å²) in [5, 5.41) is 4.55. The molecule has 1 saturated heterocycles. The lowest BCUT2D eigenvalue weighted by Crippen LogP contribution is -2.42. The number of pyridine rings is 2. The summed E-state index contributed by atoms with van der Waals surface area (Å²) in [5.41, 5.74) is 10.7. The molecular formula is C25H28FN9O. The minimum absolute atomic E-state index is 0. The zero-order valence-electron chi connectivity index (χ0n) is 19.4. The number of hydrogen-bond acceptors (Lipinski definition) is 8. The second kappa shape index (κ2) is 9.15. The van der Waals surface area contributed by atoms with Crippen LogP contribution in [0.25, 0.3) is 22.4 Å². The molecule has 1 aliphatic heterocycles. The van der Waals surface area contributed by atoms with E-state index >= 15 is 0 Å². The monoisotopic (exact) mass is 489 g/mol. The van der Waals surface area contributed by atoms with Crippen molar-refractivity contribution in [3.8, 4) is 11.1 Å². The van der Waals surface area contributed by atoms with E-state index in [2.05, 4.69) is 20.0 Å². The van der Waals surface area contributed by atoms with Gasteiger partial charge in [-0.1, -0.05) is 7.43 Å². The SMILES string of the molecule is C.Cc1cnc2ccc(-c3c(N4CCOC(C)C4)nc(N)n4nc(Cc5ncccc5F)nc34)cn12. The fraction of sp³-hybridized carbons (Fsp3) is 0.320. The Morgan fingerprint density at radius 2 is 2.06 bits per heavy atom. The first-order valence-electron chi connectivity index (χ1n) is 11.4. The lowest BCUT2D eigenvalue weighted by Gasteiger charge is -2.33. The van der Waals surface area contributed by atoms with Gasteiger partial charge in [0.05, 0.1) is 30.4 Å². The highest BCUT2D eigenvalue weighted by atomic mass is 19.1. The predicted molar refractivity (Wildman–Crippen MR) is 135 cm³/mol. The van der Waals surface area contributed by atoms with Crippen molar-refractivity contribution in [3.05, 3.63) is 65.9 Å². The molecule has 1 aliphatic rings. The van der Waals surface area contributed by atoms with Crippen LogP contribution in [0.1, 0.15) is 31.6 Å². The van der Waals surface area contributed by atoms with Crippen LogP contribution in [-0.4, -0.2) is 59.8 Å². The van der Waals surface area contributed by atoms with Gasteiger partial charge >= 0.3 is 0 Å². The smallest absolute Gasteiger partial charge is 0.225 e. The van der Waals surface area contributed by atoms with Crippen LogP contribution in [0.15, 0.2) is 42.9 Å². The number of morpholine rings is 1. The van der Waals surface area contributed by atoms with E-state index in [1.807, 2.05) is 42.8 Å². The van der Waals surface area contributed by atoms with Crippen LogP contribution in [0.4, 0.5) is 16.2 Å². The van der Waals surface area contributed by atoms with Gasteiger partial charge in [-0.15, -0.1) is 5.10 Å². The van der Waals surface area contributed by atoms with E-state index < -0.39 is 5.82 Å². The van der Waals surface area contributed by atoms with Gasteiger partial charge in [-0.25, -0.2) is 14.4 Å². The van der Waals surface area contributed by atoms with Crippen molar-refractivity contribution in [3.63, 3.8) is 0 Å². The summed E-state index contributed by atoms with van der Waals surface area (Å²) in [5.74, 6) is 0.926. The molecule has 6 rings (SSSR count). The Hall–Kier alpha value is -4.12. The van der Waals surface area contributed by atoms with Gasteiger partial charge in [-0.3, -0.25) is 4.98 Å². The molecule has 1 unspecified atom stereocenters. The van der Waals surface area contributed by atoms with Gasteiger partial charge in [0.15, 0.2) is 11.5 Å². The van der Waals surface area contributed by atoms with Crippen LogP contribution in [0, 0.1) is 12.7 Å². The number of aryl methyl sites for hydroxylation is 1. The number of hydrogen-bond donors (Lipinski definition) is 1. The highest BCUT2D eigenvalue weighted by molar-refractivity contribution is 5.88. The normalized spacial score (nSPS) is 16.0. The Kier molecular flexibility index (Phi) is 6.00. The van der Waals surface area contributed by atoms with Crippen molar-refractivity contribution >= 4 is 23.1 Å². The molecule has 5 aromatic rings. The number of anilines is 2. The lowest BCUT2D eigenvalue weighted by molar-refractivity contribution is 0.0530. The number of aromatic nitrogens is 7. The summed E-state index contributed by atoms with van der Waals surface area (Å²) >= 11 is 0. The van der Waals surface area contributed by atoms with E-state index in [4.69, 9.17) is 20.4 Å². The summed E-state index contributed by atoms with van der Waals surface area (Å²) in [6, 6.07) is 6.89. The summed E-state index contributed by atoms with van der Waals surface area (Å²) in [6.45, 7) is 5.96. The molecule has 1 atom stereocenters. The molecule has 0 amide bonds. The maximum atomic E-state index is 14.3. The Morgan fingerprint density at radius 3 is 2.86 bits per heavy atom. The Bertz CT molecular complexity index is 1560. The molecule has 0 aromatic carbocycles. The first-order chi connectivity index (χ1) is 17.0. The number of nitrogen functional groups attached to an aromatic ring is 1. The molecule has 0 aliphatic carbocycles. The molecule has 0 spiro atoms. The van der Waals surface area contributed by atoms with Gasteiger partial charge < -0.3 is 19.8 Å². The third-order valence-electron chi connectivity index (χ3n) is 6.22. The number of nitrogens with zero attached hydrogens (tertiary/aromatic N) is 8. The van der Waals surface area contributed by atoms with Crippen molar-refractivity contribution in [1.29, 1.82) is 0 Å². The largest absolute Gasteiger partial charge is 0.375 e. The first kappa shape index (κ1) is 23.6. The molecule has 0 radical (unpaired) electrons. The topological polar surface area (TPSA) is 112 Å². The van der Waals surface area contributed by atoms with E-state index in [0.29, 0.717) is 37.0 Å². The molecule has 5 aromatic heterocycles. The highest BCUT2D eigenvalue weighted by Crippen LogP contribution is 2.35. The average molecular weight is 490 g/mol. The molecule has 36 heavy (non-hydrogen) atoms. The van der Waals surface area contributed by atoms with E-state index in [9.17, 15) is 4.39 Å². The van der Waals surface area contributed by atoms with Crippen molar-refractivity contribution in [2.75, 3.05) is 30.3 Å².